The summed E-state index contributed by atoms with van der Waals surface area (Å²) < 4.78 is 6.89. The molecule has 0 aliphatic carbocycles. The fraction of sp³-hybridized carbons (Fsp3) is 0.957. The molecule has 2 amide bonds. The summed E-state index contributed by atoms with van der Waals surface area (Å²) in [6, 6.07) is 0. The maximum absolute atomic E-state index is 14.6. The molecular weight excluding hydrogens is 643 g/mol. The lowest BCUT2D eigenvalue weighted by Crippen LogP contribution is -2.54. The SMILES string of the molecule is CCCC(C)(C)CN(CC(C)(C)CC(C)(C)N)C(=O)C(C)(C)CC(C)(C)C(=O)NC(C)(C)CC(C)(C)CC(C)(C)OC(C)(C)CC(C)(C)CC(C)C. The highest BCUT2D eigenvalue weighted by Gasteiger charge is 2.45. The number of nitrogens with one attached hydrogen (secondary N) is 1. The van der Waals surface area contributed by atoms with Crippen LogP contribution in [0.2, 0.25) is 0 Å². The van der Waals surface area contributed by atoms with Crippen LogP contribution in [0.3, 0.4) is 0 Å². The van der Waals surface area contributed by atoms with Gasteiger partial charge in [-0.05, 0) is 128 Å². The second-order valence-electron chi connectivity index (χ2n) is 24.8. The van der Waals surface area contributed by atoms with Crippen molar-refractivity contribution >= 4 is 11.8 Å². The van der Waals surface area contributed by atoms with Crippen molar-refractivity contribution < 1.29 is 14.3 Å². The molecule has 6 heteroatoms. The van der Waals surface area contributed by atoms with E-state index in [2.05, 4.69) is 142 Å². The lowest BCUT2D eigenvalue weighted by atomic mass is 9.71. The minimum atomic E-state index is -0.755. The first-order valence-corrected chi connectivity index (χ1v) is 20.7. The molecule has 0 unspecified atom stereocenters. The van der Waals surface area contributed by atoms with Gasteiger partial charge < -0.3 is 20.7 Å². The molecule has 0 saturated carbocycles. The van der Waals surface area contributed by atoms with E-state index >= 15 is 0 Å². The largest absolute Gasteiger partial charge is 0.370 e. The van der Waals surface area contributed by atoms with E-state index in [1.165, 1.54) is 6.42 Å². The highest BCUT2D eigenvalue weighted by atomic mass is 16.5. The summed E-state index contributed by atoms with van der Waals surface area (Å²) in [6.07, 6.45) is 7.17. The Kier molecular flexibility index (Phi) is 17.0. The van der Waals surface area contributed by atoms with Crippen molar-refractivity contribution in [2.24, 2.45) is 44.1 Å². The Morgan fingerprint density at radius 2 is 1.04 bits per heavy atom. The first-order valence-electron chi connectivity index (χ1n) is 20.7. The number of ether oxygens (including phenoxy) is 1. The molecule has 0 atom stereocenters. The van der Waals surface area contributed by atoms with Gasteiger partial charge in [0.1, 0.15) is 0 Å². The second-order valence-corrected chi connectivity index (χ2v) is 24.8. The number of amides is 2. The highest BCUT2D eigenvalue weighted by Crippen LogP contribution is 2.43. The van der Waals surface area contributed by atoms with Gasteiger partial charge in [-0.3, -0.25) is 9.59 Å². The van der Waals surface area contributed by atoms with Crippen molar-refractivity contribution in [2.45, 2.75) is 233 Å². The Morgan fingerprint density at radius 3 is 1.46 bits per heavy atom. The van der Waals surface area contributed by atoms with Crippen LogP contribution in [-0.2, 0) is 14.3 Å². The van der Waals surface area contributed by atoms with E-state index in [4.69, 9.17) is 10.5 Å². The van der Waals surface area contributed by atoms with Crippen LogP contribution in [0.15, 0.2) is 0 Å². The first kappa shape index (κ1) is 50.9. The van der Waals surface area contributed by atoms with E-state index in [0.29, 0.717) is 25.4 Å². The van der Waals surface area contributed by atoms with E-state index < -0.39 is 16.4 Å². The maximum atomic E-state index is 14.6. The molecule has 310 valence electrons. The molecule has 0 saturated heterocycles. The van der Waals surface area contributed by atoms with Gasteiger partial charge in [0.15, 0.2) is 0 Å². The lowest BCUT2D eigenvalue weighted by Gasteiger charge is -2.46. The molecule has 0 aromatic heterocycles. The minimum absolute atomic E-state index is 0.0127. The summed E-state index contributed by atoms with van der Waals surface area (Å²) >= 11 is 0. The van der Waals surface area contributed by atoms with Crippen molar-refractivity contribution in [3.05, 3.63) is 0 Å². The molecule has 0 aliphatic heterocycles. The zero-order valence-corrected chi connectivity index (χ0v) is 39.4. The van der Waals surface area contributed by atoms with Crippen LogP contribution >= 0.6 is 0 Å². The molecule has 0 spiro atoms. The number of rotatable bonds is 23. The predicted molar refractivity (Wildman–Crippen MR) is 226 cm³/mol. The molecular formula is C46H93N3O3. The smallest absolute Gasteiger partial charge is 0.228 e. The number of carbonyl (C=O) groups is 2. The summed E-state index contributed by atoms with van der Waals surface area (Å²) in [5, 5.41) is 3.43. The second kappa shape index (κ2) is 17.3. The molecule has 0 aromatic rings. The van der Waals surface area contributed by atoms with Crippen molar-refractivity contribution in [3.8, 4) is 0 Å². The number of nitrogens with zero attached hydrogens (tertiary/aromatic N) is 1. The molecule has 0 bridgehead atoms. The molecule has 0 aliphatic rings. The summed E-state index contributed by atoms with van der Waals surface area (Å²) in [5.41, 5.74) is 3.53. The predicted octanol–water partition coefficient (Wildman–Crippen LogP) is 12.0. The molecule has 0 rings (SSSR count). The summed E-state index contributed by atoms with van der Waals surface area (Å²) in [4.78, 5) is 30.8. The summed E-state index contributed by atoms with van der Waals surface area (Å²) in [6.45, 7) is 51.6. The zero-order chi connectivity index (χ0) is 41.8. The Morgan fingerprint density at radius 1 is 0.596 bits per heavy atom. The Labute approximate surface area is 325 Å². The van der Waals surface area contributed by atoms with Crippen molar-refractivity contribution in [2.75, 3.05) is 13.1 Å². The van der Waals surface area contributed by atoms with Gasteiger partial charge in [0.25, 0.3) is 0 Å². The quantitative estimate of drug-likeness (QED) is 0.109. The topological polar surface area (TPSA) is 84.7 Å². The standard InChI is InChI=1S/C46H93N3O3/c1-24-25-37(4,5)32-49(33-40(10,11)27-43(16,17)47)36(51)42(14,15)31-41(12,13)35(50)48-44(18,19)28-39(8,9)30-46(22,23)52-45(20,21)29-38(6,7)26-34(2)3/h34H,24-33,47H2,1-23H3,(H,48,50). The average Bonchev–Trinajstić information content (AvgIpc) is 2.75. The number of hydrogen-bond donors (Lipinski definition) is 2. The van der Waals surface area contributed by atoms with Gasteiger partial charge in [0.2, 0.25) is 11.8 Å². The van der Waals surface area contributed by atoms with Gasteiger partial charge in [-0.2, -0.15) is 0 Å². The van der Waals surface area contributed by atoms with Gasteiger partial charge in [0, 0.05) is 35.0 Å². The van der Waals surface area contributed by atoms with E-state index in [1.54, 1.807) is 0 Å². The fourth-order valence-corrected chi connectivity index (χ4v) is 11.0. The molecule has 0 radical (unpaired) electrons. The summed E-state index contributed by atoms with van der Waals surface area (Å²) in [7, 11) is 0. The van der Waals surface area contributed by atoms with E-state index in [1.807, 2.05) is 27.7 Å². The van der Waals surface area contributed by atoms with Crippen LogP contribution in [0.25, 0.3) is 0 Å². The van der Waals surface area contributed by atoms with Gasteiger partial charge in [-0.1, -0.05) is 110 Å². The third-order valence-corrected chi connectivity index (χ3v) is 10.2. The molecule has 0 aromatic carbocycles. The van der Waals surface area contributed by atoms with E-state index in [0.717, 1.165) is 38.5 Å². The molecule has 52 heavy (non-hydrogen) atoms. The van der Waals surface area contributed by atoms with E-state index in [9.17, 15) is 9.59 Å². The van der Waals surface area contributed by atoms with Gasteiger partial charge in [0.05, 0.1) is 11.2 Å². The van der Waals surface area contributed by atoms with E-state index in [-0.39, 0.29) is 50.2 Å². The minimum Gasteiger partial charge on any atom is -0.370 e. The van der Waals surface area contributed by atoms with Crippen LogP contribution in [-0.4, -0.2) is 52.1 Å². The van der Waals surface area contributed by atoms with Crippen molar-refractivity contribution in [1.29, 1.82) is 0 Å². The van der Waals surface area contributed by atoms with Gasteiger partial charge in [-0.15, -0.1) is 0 Å². The van der Waals surface area contributed by atoms with Crippen LogP contribution < -0.4 is 11.1 Å². The molecule has 6 nitrogen and oxygen atoms in total. The van der Waals surface area contributed by atoms with Crippen LogP contribution in [0.4, 0.5) is 0 Å². The average molecular weight is 736 g/mol. The highest BCUT2D eigenvalue weighted by molar-refractivity contribution is 5.86. The summed E-state index contributed by atoms with van der Waals surface area (Å²) in [5.74, 6) is 0.746. The van der Waals surface area contributed by atoms with Crippen molar-refractivity contribution in [1.82, 2.24) is 10.2 Å². The molecule has 0 heterocycles. The fourth-order valence-electron chi connectivity index (χ4n) is 11.0. The van der Waals surface area contributed by atoms with Crippen molar-refractivity contribution in [3.63, 3.8) is 0 Å². The maximum Gasteiger partial charge on any atom is 0.228 e. The van der Waals surface area contributed by atoms with Gasteiger partial charge >= 0.3 is 0 Å². The van der Waals surface area contributed by atoms with Gasteiger partial charge in [-0.25, -0.2) is 0 Å². The van der Waals surface area contributed by atoms with Crippen LogP contribution in [0, 0.1) is 38.4 Å². The monoisotopic (exact) mass is 736 g/mol. The molecule has 0 fully saturated rings. The first-order chi connectivity index (χ1) is 22.6. The lowest BCUT2D eigenvalue weighted by molar-refractivity contribution is -0.153. The zero-order valence-electron chi connectivity index (χ0n) is 39.4. The Balaban J connectivity index is 5.98. The van der Waals surface area contributed by atoms with Crippen LogP contribution in [0.1, 0.15) is 211 Å². The number of nitrogens with two attached hydrogens (primary N) is 1. The Bertz CT molecular complexity index is 1150. The normalized spacial score (nSPS) is 14.9. The number of hydrogen-bond acceptors (Lipinski definition) is 4. The third-order valence-electron chi connectivity index (χ3n) is 10.2. The van der Waals surface area contributed by atoms with Crippen LogP contribution in [0.5, 0.6) is 0 Å². The molecule has 3 N–H and O–H groups in total. The third kappa shape index (κ3) is 20.0. The Hall–Kier alpha value is -1.14. The number of carbonyl (C=O) groups excluding carboxylic acids is 2.